The summed E-state index contributed by atoms with van der Waals surface area (Å²) in [6.07, 6.45) is 7.07. The van der Waals surface area contributed by atoms with Crippen LogP contribution in [-0.2, 0) is 17.9 Å². The minimum atomic E-state index is -0.464. The minimum absolute atomic E-state index is 0.0988. The van der Waals surface area contributed by atoms with Crippen molar-refractivity contribution in [3.8, 4) is 0 Å². The number of pyridine rings is 1. The summed E-state index contributed by atoms with van der Waals surface area (Å²) in [6.45, 7) is 4.32. The zero-order valence-electron chi connectivity index (χ0n) is 14.6. The maximum Gasteiger partial charge on any atom is 0.247 e. The Labute approximate surface area is 153 Å². The van der Waals surface area contributed by atoms with Gasteiger partial charge in [-0.3, -0.25) is 10.0 Å². The summed E-state index contributed by atoms with van der Waals surface area (Å²) in [5.74, 6) is -0.464. The van der Waals surface area contributed by atoms with Gasteiger partial charge >= 0.3 is 0 Å². The number of nitrogens with zero attached hydrogens (tertiary/aromatic N) is 2. The molecule has 0 radical (unpaired) electrons. The zero-order valence-corrected chi connectivity index (χ0v) is 14.6. The molecule has 0 atom stereocenters. The Morgan fingerprint density at radius 3 is 2.73 bits per heavy atom. The number of allylic oxidation sites excluding steroid dienone is 1. The molecule has 0 aliphatic carbocycles. The third-order valence-electron chi connectivity index (χ3n) is 3.78. The van der Waals surface area contributed by atoms with E-state index in [0.717, 1.165) is 29.6 Å². The molecule has 6 heteroatoms. The number of carbonyl (C=O) groups excluding carboxylic acids is 1. The second-order valence-electron chi connectivity index (χ2n) is 5.78. The first-order valence-corrected chi connectivity index (χ1v) is 8.39. The molecule has 0 aliphatic heterocycles. The molecule has 0 spiro atoms. The van der Waals surface area contributed by atoms with Gasteiger partial charge in [-0.05, 0) is 36.1 Å². The van der Waals surface area contributed by atoms with Gasteiger partial charge in [-0.25, -0.2) is 10.5 Å². The number of nitrogens with two attached hydrogens (primary N) is 1. The number of benzene rings is 1. The summed E-state index contributed by atoms with van der Waals surface area (Å²) < 4.78 is 1.82. The predicted octanol–water partition coefficient (Wildman–Crippen LogP) is 2.36. The fourth-order valence-corrected chi connectivity index (χ4v) is 2.40. The highest BCUT2D eigenvalue weighted by atomic mass is 16.5. The number of carbonyl (C=O) groups is 1. The molecule has 4 N–H and O–H groups in total. The van der Waals surface area contributed by atoms with Crippen LogP contribution in [0.2, 0.25) is 0 Å². The average molecular weight is 352 g/mol. The maximum atomic E-state index is 11.0. The lowest BCUT2D eigenvalue weighted by atomic mass is 10.1. The number of aromatic nitrogens is 1. The number of hydroxylamine groups is 1. The summed E-state index contributed by atoms with van der Waals surface area (Å²) in [7, 11) is 0. The van der Waals surface area contributed by atoms with Gasteiger partial charge < -0.3 is 10.3 Å². The topological polar surface area (TPSA) is 92.6 Å². The first kappa shape index (κ1) is 19.4. The zero-order chi connectivity index (χ0) is 18.8. The fraction of sp³-hybridized carbons (Fsp3) is 0.200. The van der Waals surface area contributed by atoms with Gasteiger partial charge in [0.1, 0.15) is 5.49 Å². The Kier molecular flexibility index (Phi) is 7.54. The molecule has 2 rings (SSSR count). The minimum Gasteiger partial charge on any atom is -0.319 e. The van der Waals surface area contributed by atoms with E-state index >= 15 is 0 Å². The molecular weight excluding hydrogens is 328 g/mol. The SMILES string of the molecule is C=C(CCc1ccccc1)N=c1ccc(C=CCC(=O)NO)cn1CN. The van der Waals surface area contributed by atoms with Crippen molar-refractivity contribution >= 4 is 12.0 Å². The van der Waals surface area contributed by atoms with Crippen LogP contribution in [0.5, 0.6) is 0 Å². The van der Waals surface area contributed by atoms with Crippen molar-refractivity contribution in [1.82, 2.24) is 10.0 Å². The van der Waals surface area contributed by atoms with Crippen LogP contribution >= 0.6 is 0 Å². The molecule has 2 aromatic rings. The van der Waals surface area contributed by atoms with Gasteiger partial charge in [-0.15, -0.1) is 0 Å². The van der Waals surface area contributed by atoms with Crippen molar-refractivity contribution < 1.29 is 10.0 Å². The summed E-state index contributed by atoms with van der Waals surface area (Å²) in [4.78, 5) is 15.6. The number of hydrogen-bond donors (Lipinski definition) is 3. The highest BCUT2D eigenvalue weighted by Gasteiger charge is 1.98. The maximum absolute atomic E-state index is 11.0. The van der Waals surface area contributed by atoms with Crippen molar-refractivity contribution in [3.05, 3.63) is 83.6 Å². The summed E-state index contributed by atoms with van der Waals surface area (Å²) >= 11 is 0. The normalized spacial score (nSPS) is 11.7. The highest BCUT2D eigenvalue weighted by molar-refractivity contribution is 5.77. The van der Waals surface area contributed by atoms with Crippen LogP contribution < -0.4 is 16.7 Å². The molecule has 0 unspecified atom stereocenters. The smallest absolute Gasteiger partial charge is 0.247 e. The van der Waals surface area contributed by atoms with Gasteiger partial charge in [0.2, 0.25) is 5.91 Å². The Bertz CT molecular complexity index is 838. The average Bonchev–Trinajstić information content (AvgIpc) is 2.68. The monoisotopic (exact) mass is 352 g/mol. The Morgan fingerprint density at radius 2 is 2.04 bits per heavy atom. The number of amides is 1. The standard InChI is InChI=1S/C20H24N4O2/c1-16(10-11-17-6-3-2-4-7-17)22-19-13-12-18(14-24(19)15-21)8-5-9-20(25)23-26/h2-8,12-14,26H,1,9-11,15,21H2,(H,23,25). The van der Waals surface area contributed by atoms with Crippen LogP contribution in [0.1, 0.15) is 24.0 Å². The Hall–Kier alpha value is -2.96. The molecular formula is C20H24N4O2. The number of rotatable bonds is 8. The van der Waals surface area contributed by atoms with Crippen LogP contribution in [0.3, 0.4) is 0 Å². The molecule has 0 fully saturated rings. The van der Waals surface area contributed by atoms with Gasteiger partial charge in [-0.2, -0.15) is 0 Å². The first-order chi connectivity index (χ1) is 12.6. The van der Waals surface area contributed by atoms with Gasteiger partial charge in [-0.1, -0.05) is 49.1 Å². The predicted molar refractivity (Wildman–Crippen MR) is 102 cm³/mol. The molecule has 1 heterocycles. The van der Waals surface area contributed by atoms with E-state index in [2.05, 4.69) is 23.7 Å². The first-order valence-electron chi connectivity index (χ1n) is 8.39. The molecule has 26 heavy (non-hydrogen) atoms. The van der Waals surface area contributed by atoms with E-state index < -0.39 is 5.91 Å². The van der Waals surface area contributed by atoms with Crippen LogP contribution in [-0.4, -0.2) is 15.7 Å². The van der Waals surface area contributed by atoms with E-state index in [4.69, 9.17) is 10.9 Å². The van der Waals surface area contributed by atoms with Gasteiger partial charge in [0, 0.05) is 18.3 Å². The van der Waals surface area contributed by atoms with E-state index in [-0.39, 0.29) is 13.1 Å². The van der Waals surface area contributed by atoms with Crippen molar-refractivity contribution in [2.45, 2.75) is 25.9 Å². The summed E-state index contributed by atoms with van der Waals surface area (Å²) in [5.41, 5.74) is 11.1. The number of nitrogens with one attached hydrogen (secondary N) is 1. The van der Waals surface area contributed by atoms with E-state index in [1.165, 1.54) is 5.56 Å². The Morgan fingerprint density at radius 1 is 1.27 bits per heavy atom. The highest BCUT2D eigenvalue weighted by Crippen LogP contribution is 2.08. The third-order valence-corrected chi connectivity index (χ3v) is 3.78. The third kappa shape index (κ3) is 6.16. The second kappa shape index (κ2) is 10.1. The molecule has 136 valence electrons. The van der Waals surface area contributed by atoms with Crippen molar-refractivity contribution in [3.63, 3.8) is 0 Å². The largest absolute Gasteiger partial charge is 0.319 e. The molecule has 0 saturated heterocycles. The van der Waals surface area contributed by atoms with Crippen molar-refractivity contribution in [2.75, 3.05) is 0 Å². The van der Waals surface area contributed by atoms with Gasteiger partial charge in [0.25, 0.3) is 0 Å². The summed E-state index contributed by atoms with van der Waals surface area (Å²) in [5, 5.41) is 8.48. The molecule has 0 aliphatic rings. The van der Waals surface area contributed by atoms with Crippen LogP contribution in [0.4, 0.5) is 0 Å². The van der Waals surface area contributed by atoms with E-state index in [9.17, 15) is 4.79 Å². The summed E-state index contributed by atoms with van der Waals surface area (Å²) in [6, 6.07) is 14.0. The molecule has 0 bridgehead atoms. The lowest BCUT2D eigenvalue weighted by Crippen LogP contribution is -2.24. The fourth-order valence-electron chi connectivity index (χ4n) is 2.40. The molecule has 1 aromatic heterocycles. The number of aryl methyl sites for hydroxylation is 1. The molecule has 6 nitrogen and oxygen atoms in total. The van der Waals surface area contributed by atoms with Crippen molar-refractivity contribution in [2.24, 2.45) is 10.7 Å². The number of hydrogen-bond acceptors (Lipinski definition) is 4. The van der Waals surface area contributed by atoms with E-state index in [0.29, 0.717) is 0 Å². The Balaban J connectivity index is 2.06. The van der Waals surface area contributed by atoms with Crippen LogP contribution in [0.15, 0.2) is 72.0 Å². The van der Waals surface area contributed by atoms with Gasteiger partial charge in [0.15, 0.2) is 0 Å². The quantitative estimate of drug-likeness (QED) is 0.503. The van der Waals surface area contributed by atoms with Crippen LogP contribution in [0, 0.1) is 0 Å². The molecule has 1 amide bonds. The van der Waals surface area contributed by atoms with Crippen LogP contribution in [0.25, 0.3) is 6.08 Å². The second-order valence-corrected chi connectivity index (χ2v) is 5.78. The van der Waals surface area contributed by atoms with E-state index in [1.807, 2.05) is 41.1 Å². The molecule has 0 saturated carbocycles. The lowest BCUT2D eigenvalue weighted by molar-refractivity contribution is -0.128. The van der Waals surface area contributed by atoms with Crippen molar-refractivity contribution in [1.29, 1.82) is 0 Å². The van der Waals surface area contributed by atoms with E-state index in [1.54, 1.807) is 17.6 Å². The van der Waals surface area contributed by atoms with Gasteiger partial charge in [0.05, 0.1) is 6.67 Å². The molecule has 1 aromatic carbocycles. The lowest BCUT2D eigenvalue weighted by Gasteiger charge is -2.07.